The zero-order valence-corrected chi connectivity index (χ0v) is 12.2. The Bertz CT molecular complexity index is 532. The van der Waals surface area contributed by atoms with Gasteiger partial charge in [0.1, 0.15) is 0 Å². The summed E-state index contributed by atoms with van der Waals surface area (Å²) in [5.41, 5.74) is 4.09. The highest BCUT2D eigenvalue weighted by Gasteiger charge is 2.31. The van der Waals surface area contributed by atoms with E-state index >= 15 is 0 Å². The smallest absolute Gasteiger partial charge is 0.351 e. The molecule has 1 atom stereocenters. The zero-order valence-electron chi connectivity index (χ0n) is 11.4. The number of alkyl halides is 3. The van der Waals surface area contributed by atoms with Crippen LogP contribution in [0.3, 0.4) is 0 Å². The predicted octanol–water partition coefficient (Wildman–Crippen LogP) is 3.02. The molecular formula is C13H15F3N2O2S. The number of thioether (sulfide) groups is 1. The summed E-state index contributed by atoms with van der Waals surface area (Å²) in [7, 11) is 0. The van der Waals surface area contributed by atoms with Crippen molar-refractivity contribution in [2.45, 2.75) is 30.2 Å². The monoisotopic (exact) mass is 320 g/mol. The average Bonchev–Trinajstić information content (AvgIpc) is 2.34. The van der Waals surface area contributed by atoms with Gasteiger partial charge >= 0.3 is 12.2 Å². The third kappa shape index (κ3) is 5.30. The molecule has 0 saturated carbocycles. The number of amides is 3. The van der Waals surface area contributed by atoms with E-state index < -0.39 is 28.9 Å². The molecule has 0 heterocycles. The molecule has 0 bridgehead atoms. The maximum absolute atomic E-state index is 12.6. The molecule has 3 amide bonds. The van der Waals surface area contributed by atoms with Crippen molar-refractivity contribution in [1.29, 1.82) is 0 Å². The number of carbonyl (C=O) groups excluding carboxylic acids is 2. The lowest BCUT2D eigenvalue weighted by molar-refractivity contribution is -0.137. The van der Waals surface area contributed by atoms with E-state index in [-0.39, 0.29) is 5.92 Å². The lowest BCUT2D eigenvalue weighted by atomic mass is 10.1. The van der Waals surface area contributed by atoms with Crippen LogP contribution in [0, 0.1) is 5.92 Å². The van der Waals surface area contributed by atoms with Crippen molar-refractivity contribution < 1.29 is 22.8 Å². The van der Waals surface area contributed by atoms with Crippen LogP contribution in [-0.2, 0) is 11.0 Å². The van der Waals surface area contributed by atoms with Gasteiger partial charge in [-0.25, -0.2) is 4.79 Å². The van der Waals surface area contributed by atoms with E-state index in [4.69, 9.17) is 5.73 Å². The van der Waals surface area contributed by atoms with Gasteiger partial charge in [-0.05, 0) is 24.1 Å². The van der Waals surface area contributed by atoms with E-state index in [0.29, 0.717) is 4.90 Å². The molecule has 0 radical (unpaired) electrons. The minimum absolute atomic E-state index is 0.191. The number of halogens is 3. The van der Waals surface area contributed by atoms with Crippen LogP contribution in [0.5, 0.6) is 0 Å². The molecule has 21 heavy (non-hydrogen) atoms. The summed E-state index contributed by atoms with van der Waals surface area (Å²) < 4.78 is 37.9. The van der Waals surface area contributed by atoms with Crippen molar-refractivity contribution in [2.24, 2.45) is 11.7 Å². The molecule has 4 nitrogen and oxygen atoms in total. The molecular weight excluding hydrogens is 305 g/mol. The number of hydrogen-bond donors (Lipinski definition) is 2. The highest BCUT2D eigenvalue weighted by Crippen LogP contribution is 2.34. The Labute approximate surface area is 124 Å². The van der Waals surface area contributed by atoms with E-state index in [2.05, 4.69) is 0 Å². The maximum Gasteiger partial charge on any atom is 0.416 e. The van der Waals surface area contributed by atoms with Gasteiger partial charge in [0, 0.05) is 4.90 Å². The fourth-order valence-corrected chi connectivity index (χ4v) is 2.66. The molecule has 1 aromatic rings. The molecule has 0 fully saturated rings. The maximum atomic E-state index is 12.6. The SMILES string of the molecule is CC(C)[C@@H](Sc1cccc(C(F)(F)F)c1)C(=O)NC(N)=O. The summed E-state index contributed by atoms with van der Waals surface area (Å²) in [6.07, 6.45) is -4.45. The molecule has 0 aliphatic rings. The lowest BCUT2D eigenvalue weighted by Gasteiger charge is -2.19. The van der Waals surface area contributed by atoms with Crippen molar-refractivity contribution in [3.8, 4) is 0 Å². The number of imide groups is 1. The van der Waals surface area contributed by atoms with Crippen LogP contribution in [0.15, 0.2) is 29.2 Å². The molecule has 0 saturated heterocycles. The molecule has 0 aromatic heterocycles. The van der Waals surface area contributed by atoms with E-state index in [1.165, 1.54) is 12.1 Å². The molecule has 116 valence electrons. The zero-order chi connectivity index (χ0) is 16.2. The first-order valence-corrected chi connectivity index (χ1v) is 6.93. The minimum atomic E-state index is -4.45. The highest BCUT2D eigenvalue weighted by atomic mass is 32.2. The quantitative estimate of drug-likeness (QED) is 0.838. The standard InChI is InChI=1S/C13H15F3N2O2S/c1-7(2)10(11(19)18-12(17)20)21-9-5-3-4-8(6-9)13(14,15)16/h3-7,10H,1-2H3,(H3,17,18,19,20)/t10-/m1/s1. The molecule has 0 aliphatic heterocycles. The largest absolute Gasteiger partial charge is 0.416 e. The number of nitrogens with one attached hydrogen (secondary N) is 1. The minimum Gasteiger partial charge on any atom is -0.351 e. The van der Waals surface area contributed by atoms with Gasteiger partial charge in [0.2, 0.25) is 5.91 Å². The van der Waals surface area contributed by atoms with Crippen molar-refractivity contribution in [3.63, 3.8) is 0 Å². The third-order valence-electron chi connectivity index (χ3n) is 2.53. The Morgan fingerprint density at radius 2 is 1.90 bits per heavy atom. The van der Waals surface area contributed by atoms with E-state index in [1.807, 2.05) is 5.32 Å². The summed E-state index contributed by atoms with van der Waals surface area (Å²) in [5.74, 6) is -0.816. The first-order valence-electron chi connectivity index (χ1n) is 6.05. The molecule has 0 spiro atoms. The summed E-state index contributed by atoms with van der Waals surface area (Å²) in [6, 6.07) is 3.69. The Kier molecular flexibility index (Phi) is 5.65. The normalized spacial score (nSPS) is 13.0. The van der Waals surface area contributed by atoms with Crippen molar-refractivity contribution >= 4 is 23.7 Å². The van der Waals surface area contributed by atoms with Gasteiger partial charge in [0.25, 0.3) is 0 Å². The summed E-state index contributed by atoms with van der Waals surface area (Å²) in [4.78, 5) is 22.8. The molecule has 0 aliphatic carbocycles. The van der Waals surface area contributed by atoms with Gasteiger partial charge in [-0.2, -0.15) is 13.2 Å². The molecule has 1 rings (SSSR count). The number of urea groups is 1. The topological polar surface area (TPSA) is 72.2 Å². The number of primary amides is 1. The number of rotatable bonds is 4. The lowest BCUT2D eigenvalue weighted by Crippen LogP contribution is -2.42. The third-order valence-corrected chi connectivity index (χ3v) is 4.07. The van der Waals surface area contributed by atoms with E-state index in [1.54, 1.807) is 13.8 Å². The highest BCUT2D eigenvalue weighted by molar-refractivity contribution is 8.00. The van der Waals surface area contributed by atoms with Gasteiger partial charge in [-0.3, -0.25) is 10.1 Å². The summed E-state index contributed by atoms with van der Waals surface area (Å²) in [5, 5.41) is 1.22. The van der Waals surface area contributed by atoms with Gasteiger partial charge < -0.3 is 5.73 Å². The second-order valence-corrected chi connectivity index (χ2v) is 5.88. The molecule has 8 heteroatoms. The molecule has 3 N–H and O–H groups in total. The van der Waals surface area contributed by atoms with Crippen LogP contribution in [0.1, 0.15) is 19.4 Å². The number of benzene rings is 1. The van der Waals surface area contributed by atoms with Gasteiger partial charge in [-0.1, -0.05) is 19.9 Å². The second kappa shape index (κ2) is 6.84. The number of carbonyl (C=O) groups is 2. The van der Waals surface area contributed by atoms with E-state index in [9.17, 15) is 22.8 Å². The van der Waals surface area contributed by atoms with Crippen LogP contribution in [0.4, 0.5) is 18.0 Å². The van der Waals surface area contributed by atoms with Gasteiger partial charge in [0.15, 0.2) is 0 Å². The number of hydrogen-bond acceptors (Lipinski definition) is 3. The molecule has 1 aromatic carbocycles. The van der Waals surface area contributed by atoms with Crippen molar-refractivity contribution in [1.82, 2.24) is 5.32 Å². The van der Waals surface area contributed by atoms with Gasteiger partial charge in [0.05, 0.1) is 10.8 Å². The van der Waals surface area contributed by atoms with Crippen LogP contribution in [-0.4, -0.2) is 17.2 Å². The Hall–Kier alpha value is -1.70. The number of nitrogens with two attached hydrogens (primary N) is 1. The van der Waals surface area contributed by atoms with Crippen molar-refractivity contribution in [2.75, 3.05) is 0 Å². The van der Waals surface area contributed by atoms with Crippen molar-refractivity contribution in [3.05, 3.63) is 29.8 Å². The Balaban J connectivity index is 2.95. The first-order chi connectivity index (χ1) is 9.61. The fourth-order valence-electron chi connectivity index (χ4n) is 1.58. The molecule has 0 unspecified atom stereocenters. The Morgan fingerprint density at radius 1 is 1.29 bits per heavy atom. The van der Waals surface area contributed by atoms with Crippen LogP contribution in [0.25, 0.3) is 0 Å². The van der Waals surface area contributed by atoms with Crippen LogP contribution < -0.4 is 11.1 Å². The Morgan fingerprint density at radius 3 is 2.38 bits per heavy atom. The van der Waals surface area contributed by atoms with Gasteiger partial charge in [-0.15, -0.1) is 11.8 Å². The second-order valence-electron chi connectivity index (χ2n) is 4.66. The van der Waals surface area contributed by atoms with Crippen LogP contribution in [0.2, 0.25) is 0 Å². The summed E-state index contributed by atoms with van der Waals surface area (Å²) >= 11 is 0.957. The fraction of sp³-hybridized carbons (Fsp3) is 0.385. The summed E-state index contributed by atoms with van der Waals surface area (Å²) in [6.45, 7) is 3.46. The predicted molar refractivity (Wildman–Crippen MR) is 73.7 cm³/mol. The van der Waals surface area contributed by atoms with Crippen LogP contribution >= 0.6 is 11.8 Å². The first kappa shape index (κ1) is 17.4. The average molecular weight is 320 g/mol. The van der Waals surface area contributed by atoms with E-state index in [0.717, 1.165) is 23.9 Å².